The van der Waals surface area contributed by atoms with Crippen LogP contribution in [0.25, 0.3) is 10.9 Å². The van der Waals surface area contributed by atoms with Crippen LogP contribution in [0.5, 0.6) is 5.75 Å². The molecule has 0 aliphatic heterocycles. The van der Waals surface area contributed by atoms with Crippen molar-refractivity contribution in [2.75, 3.05) is 22.5 Å². The summed E-state index contributed by atoms with van der Waals surface area (Å²) in [4.78, 5) is 38.8. The number of methoxy groups -OCH3 is 1. The van der Waals surface area contributed by atoms with Gasteiger partial charge in [-0.2, -0.15) is 5.26 Å². The summed E-state index contributed by atoms with van der Waals surface area (Å²) in [6, 6.07) is 17.7. The van der Waals surface area contributed by atoms with E-state index in [1.165, 1.54) is 35.9 Å². The van der Waals surface area contributed by atoms with Crippen molar-refractivity contribution in [3.63, 3.8) is 0 Å². The van der Waals surface area contributed by atoms with Gasteiger partial charge in [-0.1, -0.05) is 23.7 Å². The maximum atomic E-state index is 13.8. The molecule has 43 heavy (non-hydrogen) atoms. The lowest BCUT2D eigenvalue weighted by molar-refractivity contribution is -0.115. The lowest BCUT2D eigenvalue weighted by Gasteiger charge is -2.25. The first-order chi connectivity index (χ1) is 20.5. The normalized spacial score (nSPS) is 11.2. The zero-order valence-electron chi connectivity index (χ0n) is 23.8. The highest BCUT2D eigenvalue weighted by atomic mass is 35.5. The van der Waals surface area contributed by atoms with E-state index in [1.54, 1.807) is 50.2 Å². The lowest BCUT2D eigenvalue weighted by atomic mass is 10.2. The van der Waals surface area contributed by atoms with Crippen LogP contribution in [0.2, 0.25) is 5.02 Å². The smallest absolute Gasteiger partial charge is 0.331 e. The molecule has 0 aliphatic rings. The van der Waals surface area contributed by atoms with Gasteiger partial charge < -0.3 is 10.1 Å². The van der Waals surface area contributed by atoms with Crippen molar-refractivity contribution in [2.24, 2.45) is 0 Å². The third-order valence-electron chi connectivity index (χ3n) is 6.91. The number of aromatic nitrogens is 2. The highest BCUT2D eigenvalue weighted by Gasteiger charge is 2.25. The SMILES string of the molecule is CCn1c(=O)c2cc(N(Cc3ccc(OC)cc3)S(=O)(=O)CCC(=O)Nc3ccc(C#N)c(Cl)c3)ccc2n(CC)c1=O. The van der Waals surface area contributed by atoms with Gasteiger partial charge in [0.2, 0.25) is 15.9 Å². The predicted octanol–water partition coefficient (Wildman–Crippen LogP) is 4.10. The lowest BCUT2D eigenvalue weighted by Crippen LogP contribution is -2.39. The van der Waals surface area contributed by atoms with Crippen molar-refractivity contribution in [1.82, 2.24) is 9.13 Å². The first-order valence-corrected chi connectivity index (χ1v) is 15.4. The third-order valence-corrected chi connectivity index (χ3v) is 8.95. The number of rotatable bonds is 11. The number of ether oxygens (including phenoxy) is 1. The molecule has 224 valence electrons. The maximum absolute atomic E-state index is 13.8. The third kappa shape index (κ3) is 6.74. The molecule has 4 rings (SSSR count). The summed E-state index contributed by atoms with van der Waals surface area (Å²) in [5.41, 5.74) is 0.866. The molecule has 13 heteroatoms. The number of nitrogens with zero attached hydrogens (tertiary/aromatic N) is 4. The Hall–Kier alpha value is -4.60. The number of nitriles is 1. The molecule has 1 N–H and O–H groups in total. The average Bonchev–Trinajstić information content (AvgIpc) is 2.99. The van der Waals surface area contributed by atoms with E-state index >= 15 is 0 Å². The van der Waals surface area contributed by atoms with E-state index in [1.807, 2.05) is 6.07 Å². The fourth-order valence-corrected chi connectivity index (χ4v) is 6.30. The maximum Gasteiger partial charge on any atom is 0.331 e. The Morgan fingerprint density at radius 2 is 1.72 bits per heavy atom. The standard InChI is InChI=1S/C30H30ClN5O6S/c1-4-34-27-13-10-23(17-25(27)29(38)35(5-2)30(34)39)36(19-20-6-11-24(42-3)12-7-20)43(40,41)15-14-28(37)33-22-9-8-21(18-32)26(31)16-22/h6-13,16-17H,4-5,14-15,19H2,1-3H3,(H,33,37). The molecule has 1 heterocycles. The molecule has 3 aromatic carbocycles. The van der Waals surface area contributed by atoms with Crippen molar-refractivity contribution in [3.05, 3.63) is 97.7 Å². The van der Waals surface area contributed by atoms with Gasteiger partial charge in [-0.3, -0.25) is 23.0 Å². The molecule has 0 aliphatic carbocycles. The molecule has 1 amide bonds. The number of nitrogens with one attached hydrogen (secondary N) is 1. The fraction of sp³-hybridized carbons (Fsp3) is 0.267. The molecule has 0 saturated carbocycles. The van der Waals surface area contributed by atoms with Gasteiger partial charge in [-0.05, 0) is 67.9 Å². The number of hydrogen-bond acceptors (Lipinski definition) is 7. The summed E-state index contributed by atoms with van der Waals surface area (Å²) < 4.78 is 36.5. The number of aryl methyl sites for hydroxylation is 1. The number of anilines is 2. The summed E-state index contributed by atoms with van der Waals surface area (Å²) in [6.45, 7) is 3.88. The van der Waals surface area contributed by atoms with E-state index in [9.17, 15) is 22.8 Å². The summed E-state index contributed by atoms with van der Waals surface area (Å²) in [7, 11) is -2.60. The zero-order valence-corrected chi connectivity index (χ0v) is 25.4. The van der Waals surface area contributed by atoms with Crippen LogP contribution < -0.4 is 25.6 Å². The van der Waals surface area contributed by atoms with Crippen LogP contribution in [0.4, 0.5) is 11.4 Å². The second-order valence-electron chi connectivity index (χ2n) is 9.55. The molecule has 0 fully saturated rings. The highest BCUT2D eigenvalue weighted by Crippen LogP contribution is 2.26. The van der Waals surface area contributed by atoms with Gasteiger partial charge in [0.15, 0.2) is 0 Å². The van der Waals surface area contributed by atoms with Gasteiger partial charge >= 0.3 is 5.69 Å². The largest absolute Gasteiger partial charge is 0.497 e. The Kier molecular flexibility index (Phi) is 9.58. The Morgan fingerprint density at radius 1 is 1.02 bits per heavy atom. The van der Waals surface area contributed by atoms with Crippen molar-refractivity contribution in [2.45, 2.75) is 39.9 Å². The van der Waals surface area contributed by atoms with Crippen LogP contribution in [0.15, 0.2) is 70.3 Å². The Balaban J connectivity index is 1.70. The van der Waals surface area contributed by atoms with Gasteiger partial charge in [-0.15, -0.1) is 0 Å². The van der Waals surface area contributed by atoms with Gasteiger partial charge in [0.1, 0.15) is 11.8 Å². The van der Waals surface area contributed by atoms with Crippen LogP contribution >= 0.6 is 11.6 Å². The minimum atomic E-state index is -4.12. The molecule has 0 radical (unpaired) electrons. The minimum Gasteiger partial charge on any atom is -0.497 e. The van der Waals surface area contributed by atoms with E-state index in [0.717, 1.165) is 8.87 Å². The van der Waals surface area contributed by atoms with E-state index in [4.69, 9.17) is 21.6 Å². The molecular formula is C30H30ClN5O6S. The van der Waals surface area contributed by atoms with Crippen molar-refractivity contribution < 1.29 is 17.9 Å². The molecule has 4 aromatic rings. The summed E-state index contributed by atoms with van der Waals surface area (Å²) in [6.07, 6.45) is -0.370. The van der Waals surface area contributed by atoms with E-state index < -0.39 is 32.9 Å². The second-order valence-corrected chi connectivity index (χ2v) is 12.0. The van der Waals surface area contributed by atoms with Gasteiger partial charge in [0.25, 0.3) is 5.56 Å². The van der Waals surface area contributed by atoms with Crippen LogP contribution in [0.1, 0.15) is 31.4 Å². The molecule has 0 bridgehead atoms. The Labute approximate surface area is 253 Å². The Morgan fingerprint density at radius 3 is 2.33 bits per heavy atom. The number of benzene rings is 3. The minimum absolute atomic E-state index is 0.0833. The van der Waals surface area contributed by atoms with Gasteiger partial charge in [0, 0.05) is 25.2 Å². The van der Waals surface area contributed by atoms with Gasteiger partial charge in [0.05, 0.1) is 46.6 Å². The number of carbonyl (C=O) groups is 1. The van der Waals surface area contributed by atoms with Crippen LogP contribution in [0.3, 0.4) is 0 Å². The molecule has 0 spiro atoms. The molecular weight excluding hydrogens is 594 g/mol. The van der Waals surface area contributed by atoms with Crippen LogP contribution in [-0.2, 0) is 34.5 Å². The number of halogens is 1. The molecule has 11 nitrogen and oxygen atoms in total. The molecule has 1 aromatic heterocycles. The van der Waals surface area contributed by atoms with Crippen molar-refractivity contribution in [1.29, 1.82) is 5.26 Å². The van der Waals surface area contributed by atoms with Gasteiger partial charge in [-0.25, -0.2) is 13.2 Å². The van der Waals surface area contributed by atoms with E-state index in [-0.39, 0.29) is 41.2 Å². The number of sulfonamides is 1. The second kappa shape index (κ2) is 13.1. The Bertz CT molecular complexity index is 1950. The predicted molar refractivity (Wildman–Crippen MR) is 166 cm³/mol. The first-order valence-electron chi connectivity index (χ1n) is 13.4. The topological polar surface area (TPSA) is 144 Å². The molecule has 0 atom stereocenters. The zero-order chi connectivity index (χ0) is 31.3. The highest BCUT2D eigenvalue weighted by molar-refractivity contribution is 7.92. The average molecular weight is 624 g/mol. The van der Waals surface area contributed by atoms with Crippen LogP contribution in [0, 0.1) is 11.3 Å². The monoisotopic (exact) mass is 623 g/mol. The molecule has 0 unspecified atom stereocenters. The number of carbonyl (C=O) groups excluding carboxylic acids is 1. The number of amides is 1. The fourth-order valence-electron chi connectivity index (χ4n) is 4.64. The number of hydrogen-bond donors (Lipinski definition) is 1. The number of fused-ring (bicyclic) bond motifs is 1. The summed E-state index contributed by atoms with van der Waals surface area (Å²) >= 11 is 6.04. The van der Waals surface area contributed by atoms with Crippen LogP contribution in [-0.4, -0.2) is 36.3 Å². The summed E-state index contributed by atoms with van der Waals surface area (Å²) in [5, 5.41) is 12.0. The quantitative estimate of drug-likeness (QED) is 0.265. The molecule has 0 saturated heterocycles. The first kappa shape index (κ1) is 31.3. The van der Waals surface area contributed by atoms with Crippen molar-refractivity contribution >= 4 is 49.8 Å². The van der Waals surface area contributed by atoms with E-state index in [2.05, 4.69) is 5.32 Å². The van der Waals surface area contributed by atoms with E-state index in [0.29, 0.717) is 29.1 Å². The summed E-state index contributed by atoms with van der Waals surface area (Å²) in [5.74, 6) is -0.504. The van der Waals surface area contributed by atoms with Crippen molar-refractivity contribution in [3.8, 4) is 11.8 Å².